The van der Waals surface area contributed by atoms with Crippen LogP contribution >= 0.6 is 0 Å². The third-order valence-electron chi connectivity index (χ3n) is 2.34. The van der Waals surface area contributed by atoms with Gasteiger partial charge < -0.3 is 15.4 Å². The third-order valence-corrected chi connectivity index (χ3v) is 2.34. The van der Waals surface area contributed by atoms with Gasteiger partial charge in [0.2, 0.25) is 0 Å². The zero-order valence-electron chi connectivity index (χ0n) is 10.7. The van der Waals surface area contributed by atoms with Gasteiger partial charge in [-0.15, -0.1) is 0 Å². The Morgan fingerprint density at radius 3 is 2.65 bits per heavy atom. The first-order chi connectivity index (χ1) is 9.34. The number of carbonyl (C=O) groups excluding carboxylic acids is 1. The van der Waals surface area contributed by atoms with Crippen molar-refractivity contribution in [1.82, 2.24) is 5.32 Å². The van der Waals surface area contributed by atoms with E-state index in [1.54, 1.807) is 0 Å². The molecule has 2 amide bonds. The van der Waals surface area contributed by atoms with Crippen LogP contribution in [0.25, 0.3) is 0 Å². The van der Waals surface area contributed by atoms with Gasteiger partial charge in [-0.1, -0.05) is 0 Å². The molecule has 0 saturated heterocycles. The predicted octanol–water partition coefficient (Wildman–Crippen LogP) is 3.00. The number of ether oxygens (including phenoxy) is 1. The molecule has 20 heavy (non-hydrogen) atoms. The van der Waals surface area contributed by atoms with Gasteiger partial charge in [-0.25, -0.2) is 9.18 Å². The molecule has 1 rings (SSSR count). The number of rotatable bonds is 5. The number of urea groups is 1. The molecule has 8 heteroatoms. The second kappa shape index (κ2) is 7.09. The van der Waals surface area contributed by atoms with Crippen molar-refractivity contribution in [3.05, 3.63) is 29.6 Å². The Balaban J connectivity index is 2.62. The largest absolute Gasteiger partial charge is 0.419 e. The Morgan fingerprint density at radius 1 is 1.35 bits per heavy atom. The van der Waals surface area contributed by atoms with Crippen molar-refractivity contribution in [2.75, 3.05) is 25.6 Å². The van der Waals surface area contributed by atoms with Gasteiger partial charge in [0.05, 0.1) is 5.56 Å². The SMILES string of the molecule is COCCCNC(=O)Nc1ccc(F)c(C(F)(F)F)c1. The van der Waals surface area contributed by atoms with Crippen molar-refractivity contribution >= 4 is 11.7 Å². The van der Waals surface area contributed by atoms with E-state index in [9.17, 15) is 22.4 Å². The predicted molar refractivity (Wildman–Crippen MR) is 64.9 cm³/mol. The minimum absolute atomic E-state index is 0.136. The molecule has 1 aromatic rings. The first kappa shape index (κ1) is 16.2. The third kappa shape index (κ3) is 5.04. The van der Waals surface area contributed by atoms with Gasteiger partial charge in [-0.2, -0.15) is 13.2 Å². The van der Waals surface area contributed by atoms with E-state index >= 15 is 0 Å². The summed E-state index contributed by atoms with van der Waals surface area (Å²) in [5.74, 6) is -1.39. The summed E-state index contributed by atoms with van der Waals surface area (Å²) in [5, 5.41) is 4.63. The first-order valence-corrected chi connectivity index (χ1v) is 5.75. The molecule has 0 spiro atoms. The second-order valence-electron chi connectivity index (χ2n) is 3.92. The lowest BCUT2D eigenvalue weighted by atomic mass is 10.2. The van der Waals surface area contributed by atoms with Crippen LogP contribution < -0.4 is 10.6 Å². The molecule has 0 bridgehead atoms. The van der Waals surface area contributed by atoms with Crippen LogP contribution in [-0.2, 0) is 10.9 Å². The lowest BCUT2D eigenvalue weighted by Crippen LogP contribution is -2.30. The number of nitrogens with one attached hydrogen (secondary N) is 2. The lowest BCUT2D eigenvalue weighted by Gasteiger charge is -2.11. The van der Waals surface area contributed by atoms with Gasteiger partial charge in [0, 0.05) is 25.9 Å². The first-order valence-electron chi connectivity index (χ1n) is 5.75. The monoisotopic (exact) mass is 294 g/mol. The summed E-state index contributed by atoms with van der Waals surface area (Å²) < 4.78 is 55.2. The van der Waals surface area contributed by atoms with Crippen molar-refractivity contribution in [2.24, 2.45) is 0 Å². The number of alkyl halides is 3. The van der Waals surface area contributed by atoms with E-state index in [4.69, 9.17) is 4.74 Å². The number of halogens is 4. The molecule has 0 fully saturated rings. The van der Waals surface area contributed by atoms with Gasteiger partial charge in [0.1, 0.15) is 5.82 Å². The van der Waals surface area contributed by atoms with E-state index < -0.39 is 23.6 Å². The quantitative estimate of drug-likeness (QED) is 0.648. The van der Waals surface area contributed by atoms with Gasteiger partial charge >= 0.3 is 12.2 Å². The standard InChI is InChI=1S/C12H14F4N2O2/c1-20-6-2-5-17-11(19)18-8-3-4-10(13)9(7-8)12(14,15)16/h3-4,7H,2,5-6H2,1H3,(H2,17,18,19). The molecule has 0 aliphatic rings. The molecule has 0 heterocycles. The van der Waals surface area contributed by atoms with E-state index in [2.05, 4.69) is 10.6 Å². The fourth-order valence-electron chi connectivity index (χ4n) is 1.41. The van der Waals surface area contributed by atoms with Crippen LogP contribution in [0.5, 0.6) is 0 Å². The number of anilines is 1. The highest BCUT2D eigenvalue weighted by molar-refractivity contribution is 5.89. The fourth-order valence-corrected chi connectivity index (χ4v) is 1.41. The van der Waals surface area contributed by atoms with E-state index in [-0.39, 0.29) is 5.69 Å². The van der Waals surface area contributed by atoms with Gasteiger partial charge in [-0.05, 0) is 24.6 Å². The highest BCUT2D eigenvalue weighted by Crippen LogP contribution is 2.32. The van der Waals surface area contributed by atoms with E-state index in [1.165, 1.54) is 7.11 Å². The van der Waals surface area contributed by atoms with Gasteiger partial charge in [0.15, 0.2) is 0 Å². The maximum Gasteiger partial charge on any atom is 0.419 e. The number of hydrogen-bond donors (Lipinski definition) is 2. The van der Waals surface area contributed by atoms with Gasteiger partial charge in [0.25, 0.3) is 0 Å². The summed E-state index contributed by atoms with van der Waals surface area (Å²) in [6, 6.07) is 1.59. The van der Waals surface area contributed by atoms with E-state index in [1.807, 2.05) is 0 Å². The van der Waals surface area contributed by atoms with Gasteiger partial charge in [-0.3, -0.25) is 0 Å². The van der Waals surface area contributed by atoms with Crippen LogP contribution in [0.15, 0.2) is 18.2 Å². The average Bonchev–Trinajstić information content (AvgIpc) is 2.36. The minimum Gasteiger partial charge on any atom is -0.385 e. The molecule has 2 N–H and O–H groups in total. The molecular formula is C12H14F4N2O2. The molecule has 0 aliphatic heterocycles. The number of methoxy groups -OCH3 is 1. The summed E-state index contributed by atoms with van der Waals surface area (Å²) in [7, 11) is 1.51. The van der Waals surface area contributed by atoms with Crippen molar-refractivity contribution in [3.8, 4) is 0 Å². The lowest BCUT2D eigenvalue weighted by molar-refractivity contribution is -0.139. The van der Waals surface area contributed by atoms with Crippen LogP contribution in [0, 0.1) is 5.82 Å². The highest BCUT2D eigenvalue weighted by atomic mass is 19.4. The van der Waals surface area contributed by atoms with Crippen LogP contribution in [0.2, 0.25) is 0 Å². The average molecular weight is 294 g/mol. The van der Waals surface area contributed by atoms with Crippen LogP contribution in [0.4, 0.5) is 28.0 Å². The maximum absolute atomic E-state index is 13.0. The Bertz CT molecular complexity index is 463. The highest BCUT2D eigenvalue weighted by Gasteiger charge is 2.34. The minimum atomic E-state index is -4.81. The molecule has 0 unspecified atom stereocenters. The molecular weight excluding hydrogens is 280 g/mol. The van der Waals surface area contributed by atoms with Crippen LogP contribution in [0.3, 0.4) is 0 Å². The Hall–Kier alpha value is -1.83. The molecule has 0 aliphatic carbocycles. The molecule has 0 aromatic heterocycles. The number of carbonyl (C=O) groups is 1. The van der Waals surface area contributed by atoms with E-state index in [0.717, 1.165) is 6.07 Å². The maximum atomic E-state index is 13.0. The fraction of sp³-hybridized carbons (Fsp3) is 0.417. The van der Waals surface area contributed by atoms with Crippen molar-refractivity contribution in [2.45, 2.75) is 12.6 Å². The number of benzene rings is 1. The summed E-state index contributed by atoms with van der Waals surface area (Å²) >= 11 is 0. The second-order valence-corrected chi connectivity index (χ2v) is 3.92. The normalized spacial score (nSPS) is 11.2. The van der Waals surface area contributed by atoms with E-state index in [0.29, 0.717) is 31.7 Å². The number of hydrogen-bond acceptors (Lipinski definition) is 2. The summed E-state index contributed by atoms with van der Waals surface area (Å²) in [6.45, 7) is 0.766. The molecule has 112 valence electrons. The zero-order chi connectivity index (χ0) is 15.2. The summed E-state index contributed by atoms with van der Waals surface area (Å²) in [4.78, 5) is 11.4. The molecule has 0 atom stereocenters. The van der Waals surface area contributed by atoms with Crippen molar-refractivity contribution in [1.29, 1.82) is 0 Å². The van der Waals surface area contributed by atoms with Crippen LogP contribution in [-0.4, -0.2) is 26.3 Å². The Morgan fingerprint density at radius 2 is 2.05 bits per heavy atom. The molecule has 1 aromatic carbocycles. The molecule has 4 nitrogen and oxygen atoms in total. The topological polar surface area (TPSA) is 50.4 Å². The summed E-state index contributed by atoms with van der Waals surface area (Å²) in [5.41, 5.74) is -1.56. The Labute approximate surface area is 113 Å². The summed E-state index contributed by atoms with van der Waals surface area (Å²) in [6.07, 6.45) is -4.24. The Kier molecular flexibility index (Phi) is 5.75. The smallest absolute Gasteiger partial charge is 0.385 e. The van der Waals surface area contributed by atoms with Crippen LogP contribution in [0.1, 0.15) is 12.0 Å². The zero-order valence-corrected chi connectivity index (χ0v) is 10.7. The molecule has 0 saturated carbocycles. The van der Waals surface area contributed by atoms with Crippen molar-refractivity contribution < 1.29 is 27.1 Å². The van der Waals surface area contributed by atoms with Crippen molar-refractivity contribution in [3.63, 3.8) is 0 Å². The number of amides is 2. The molecule has 0 radical (unpaired) electrons.